The summed E-state index contributed by atoms with van der Waals surface area (Å²) in [7, 11) is 3.25. The van der Waals surface area contributed by atoms with Crippen LogP contribution in [0.3, 0.4) is 0 Å². The third kappa shape index (κ3) is 7.70. The zero-order valence-corrected chi connectivity index (χ0v) is 30.6. The molecule has 54 heavy (non-hydrogen) atoms. The number of nitrogens with zero attached hydrogens (tertiary/aromatic N) is 4. The van der Waals surface area contributed by atoms with Crippen LogP contribution in [0.15, 0.2) is 94.9 Å². The predicted molar refractivity (Wildman–Crippen MR) is 205 cm³/mol. The Morgan fingerprint density at radius 2 is 1.31 bits per heavy atom. The van der Waals surface area contributed by atoms with E-state index in [2.05, 4.69) is 22.8 Å². The van der Waals surface area contributed by atoms with Gasteiger partial charge in [-0.05, 0) is 68.3 Å². The lowest BCUT2D eigenvalue weighted by atomic mass is 9.95. The van der Waals surface area contributed by atoms with Crippen LogP contribution in [0.1, 0.15) is 51.4 Å². The molecule has 4 aromatic carbocycles. The second-order valence-electron chi connectivity index (χ2n) is 12.6. The Bertz CT molecular complexity index is 2290. The highest BCUT2D eigenvalue weighted by atomic mass is 17.2. The maximum Gasteiger partial charge on any atom is 0.342 e. The molecule has 0 radical (unpaired) electrons. The molecule has 2 atom stereocenters. The quantitative estimate of drug-likeness (QED) is 0.0423. The lowest BCUT2D eigenvalue weighted by Gasteiger charge is -2.20. The van der Waals surface area contributed by atoms with E-state index in [1.165, 1.54) is 4.90 Å². The van der Waals surface area contributed by atoms with Crippen molar-refractivity contribution >= 4 is 40.6 Å². The Morgan fingerprint density at radius 1 is 0.741 bits per heavy atom. The SMILES string of the molecule is C#Cc1ccc2c(c1)C(c1ccccc1C)=NC(C(=O)OCOCOOCC1N=C(c3ccccc3C)c3cc(C#CC)ccc3N(C)C1=O)C(=O)N2C. The number of terminal acetylenes is 1. The summed E-state index contributed by atoms with van der Waals surface area (Å²) in [6, 6.07) is 23.8. The summed E-state index contributed by atoms with van der Waals surface area (Å²) in [6.07, 6.45) is 5.69. The molecule has 272 valence electrons. The van der Waals surface area contributed by atoms with Crippen molar-refractivity contribution in [2.45, 2.75) is 32.9 Å². The topological polar surface area (TPSA) is 119 Å². The Hall–Kier alpha value is -6.37. The number of likely N-dealkylation sites (N-methyl/N-ethyl adjacent to an activating group) is 2. The third-order valence-corrected chi connectivity index (χ3v) is 9.13. The van der Waals surface area contributed by atoms with Gasteiger partial charge in [-0.3, -0.25) is 19.6 Å². The van der Waals surface area contributed by atoms with Crippen molar-refractivity contribution in [1.29, 1.82) is 0 Å². The van der Waals surface area contributed by atoms with Crippen LogP contribution in [0.2, 0.25) is 0 Å². The summed E-state index contributed by atoms with van der Waals surface area (Å²) >= 11 is 0. The minimum absolute atomic E-state index is 0.224. The van der Waals surface area contributed by atoms with Gasteiger partial charge in [-0.15, -0.1) is 12.3 Å². The molecule has 0 aromatic heterocycles. The van der Waals surface area contributed by atoms with E-state index in [4.69, 9.17) is 30.7 Å². The van der Waals surface area contributed by atoms with Crippen molar-refractivity contribution in [3.63, 3.8) is 0 Å². The van der Waals surface area contributed by atoms with E-state index in [1.807, 2.05) is 80.6 Å². The first kappa shape index (κ1) is 37.4. The second-order valence-corrected chi connectivity index (χ2v) is 12.6. The fourth-order valence-electron chi connectivity index (χ4n) is 6.29. The average molecular weight is 723 g/mol. The van der Waals surface area contributed by atoms with Gasteiger partial charge in [0.25, 0.3) is 11.8 Å². The van der Waals surface area contributed by atoms with Gasteiger partial charge in [-0.25, -0.2) is 14.6 Å². The number of carbonyl (C=O) groups excluding carboxylic acids is 3. The lowest BCUT2D eigenvalue weighted by molar-refractivity contribution is -0.343. The summed E-state index contributed by atoms with van der Waals surface area (Å²) in [6.45, 7) is 4.43. The van der Waals surface area contributed by atoms with Gasteiger partial charge < -0.3 is 19.3 Å². The minimum Gasteiger partial charge on any atom is -0.436 e. The van der Waals surface area contributed by atoms with Crippen LogP contribution in [0.5, 0.6) is 0 Å². The summed E-state index contributed by atoms with van der Waals surface area (Å²) in [5, 5.41) is 0. The van der Waals surface area contributed by atoms with Gasteiger partial charge in [0, 0.05) is 47.5 Å². The number of hydrogen-bond acceptors (Lipinski definition) is 9. The van der Waals surface area contributed by atoms with Crippen LogP contribution >= 0.6 is 0 Å². The molecule has 0 saturated heterocycles. The molecule has 0 saturated carbocycles. The van der Waals surface area contributed by atoms with E-state index in [-0.39, 0.29) is 12.5 Å². The summed E-state index contributed by atoms with van der Waals surface area (Å²) < 4.78 is 10.7. The highest BCUT2D eigenvalue weighted by Gasteiger charge is 2.36. The number of rotatable bonds is 10. The maximum absolute atomic E-state index is 13.6. The zero-order chi connectivity index (χ0) is 38.4. The predicted octanol–water partition coefficient (Wildman–Crippen LogP) is 5.14. The van der Waals surface area contributed by atoms with Gasteiger partial charge in [-0.2, -0.15) is 0 Å². The second kappa shape index (κ2) is 16.5. The number of fused-ring (bicyclic) bond motifs is 2. The molecule has 0 N–H and O–H groups in total. The van der Waals surface area contributed by atoms with Crippen molar-refractivity contribution in [3.05, 3.63) is 129 Å². The lowest BCUT2D eigenvalue weighted by Crippen LogP contribution is -2.40. The maximum atomic E-state index is 13.6. The van der Waals surface area contributed by atoms with Crippen molar-refractivity contribution in [2.75, 3.05) is 44.1 Å². The number of anilines is 2. The summed E-state index contributed by atoms with van der Waals surface area (Å²) in [5.41, 5.74) is 8.57. The number of hydrogen-bond donors (Lipinski definition) is 0. The Kier molecular flexibility index (Phi) is 11.4. The highest BCUT2D eigenvalue weighted by Crippen LogP contribution is 2.31. The molecule has 11 nitrogen and oxygen atoms in total. The van der Waals surface area contributed by atoms with E-state index in [9.17, 15) is 14.4 Å². The number of aryl methyl sites for hydroxylation is 2. The first-order valence-corrected chi connectivity index (χ1v) is 17.1. The monoisotopic (exact) mass is 722 g/mol. The molecular weight excluding hydrogens is 684 g/mol. The van der Waals surface area contributed by atoms with E-state index in [0.29, 0.717) is 33.9 Å². The van der Waals surface area contributed by atoms with Crippen molar-refractivity contribution in [3.8, 4) is 24.2 Å². The molecular formula is C43H38N4O7. The van der Waals surface area contributed by atoms with Gasteiger partial charge in [0.05, 0.1) is 22.8 Å². The molecule has 2 heterocycles. The number of aliphatic imine (C=N–C) groups is 2. The molecule has 2 unspecified atom stereocenters. The smallest absolute Gasteiger partial charge is 0.342 e. The summed E-state index contributed by atoms with van der Waals surface area (Å²) in [4.78, 5) is 63.5. The molecule has 6 rings (SSSR count). The Morgan fingerprint density at radius 3 is 1.93 bits per heavy atom. The number of esters is 1. The number of benzene rings is 4. The molecule has 11 heteroatoms. The molecule has 2 aliphatic rings. The fraction of sp³-hybridized carbons (Fsp3) is 0.233. The van der Waals surface area contributed by atoms with E-state index in [1.54, 1.807) is 44.1 Å². The molecule has 2 amide bonds. The first-order valence-electron chi connectivity index (χ1n) is 17.1. The highest BCUT2D eigenvalue weighted by molar-refractivity contribution is 6.24. The molecule has 0 aliphatic carbocycles. The normalized spacial score (nSPS) is 16.4. The van der Waals surface area contributed by atoms with Gasteiger partial charge >= 0.3 is 5.97 Å². The standard InChI is InChI=1S/C43H38N4O7/c1-7-13-30-19-21-36-34(23-30)38(31-16-11-9-14-27(31)3)44-35(41(48)46(36)5)24-53-54-26-51-25-52-43(50)40-42(49)47(6)37-20-18-29(8-2)22-33(37)39(45-40)32-17-12-10-15-28(32)4/h2,9-12,14-23,35,40H,24-26H2,1,3-6H3. The minimum atomic E-state index is -1.51. The van der Waals surface area contributed by atoms with Crippen LogP contribution in [-0.2, 0) is 33.6 Å². The number of ether oxygens (including phenoxy) is 2. The zero-order valence-electron chi connectivity index (χ0n) is 30.6. The van der Waals surface area contributed by atoms with Gasteiger partial charge in [0.2, 0.25) is 6.04 Å². The van der Waals surface area contributed by atoms with Crippen molar-refractivity contribution < 1.29 is 33.6 Å². The van der Waals surface area contributed by atoms with E-state index in [0.717, 1.165) is 33.4 Å². The van der Waals surface area contributed by atoms with Crippen molar-refractivity contribution in [1.82, 2.24) is 0 Å². The van der Waals surface area contributed by atoms with Gasteiger partial charge in [0.1, 0.15) is 6.61 Å². The Labute approximate surface area is 314 Å². The number of amides is 2. The van der Waals surface area contributed by atoms with Gasteiger partial charge in [-0.1, -0.05) is 60.4 Å². The largest absolute Gasteiger partial charge is 0.436 e. The third-order valence-electron chi connectivity index (χ3n) is 9.13. The van der Waals surface area contributed by atoms with Crippen LogP contribution in [0, 0.1) is 38.0 Å². The molecule has 0 spiro atoms. The fourth-order valence-corrected chi connectivity index (χ4v) is 6.29. The van der Waals surface area contributed by atoms with Crippen LogP contribution < -0.4 is 9.80 Å². The average Bonchev–Trinajstić information content (AvgIpc) is 3.35. The first-order chi connectivity index (χ1) is 26.1. The summed E-state index contributed by atoms with van der Waals surface area (Å²) in [5.74, 6) is 6.83. The van der Waals surface area contributed by atoms with Crippen LogP contribution in [0.4, 0.5) is 11.4 Å². The molecule has 2 aliphatic heterocycles. The number of carbonyl (C=O) groups is 3. The number of benzodiazepines with no additional fused rings is 2. The molecule has 0 fully saturated rings. The van der Waals surface area contributed by atoms with Crippen LogP contribution in [-0.4, -0.2) is 75.6 Å². The van der Waals surface area contributed by atoms with Crippen LogP contribution in [0.25, 0.3) is 0 Å². The van der Waals surface area contributed by atoms with Gasteiger partial charge in [0.15, 0.2) is 19.6 Å². The van der Waals surface area contributed by atoms with Crippen molar-refractivity contribution in [2.24, 2.45) is 9.98 Å². The Balaban J connectivity index is 1.11. The van der Waals surface area contributed by atoms with E-state index < -0.39 is 37.5 Å². The van der Waals surface area contributed by atoms with E-state index >= 15 is 0 Å². The molecule has 0 bridgehead atoms. The molecule has 4 aromatic rings.